The van der Waals surface area contributed by atoms with Crippen LogP contribution >= 0.6 is 19.8 Å². The van der Waals surface area contributed by atoms with Crippen molar-refractivity contribution in [3.05, 3.63) is 0 Å². The Morgan fingerprint density at radius 1 is 0.346 bits per heavy atom. The van der Waals surface area contributed by atoms with E-state index in [4.69, 9.17) is 30.6 Å². The van der Waals surface area contributed by atoms with Crippen molar-refractivity contribution >= 4 is 55.6 Å². The summed E-state index contributed by atoms with van der Waals surface area (Å²) < 4.78 is 0. The van der Waals surface area contributed by atoms with Gasteiger partial charge in [-0.25, -0.2) is 0 Å². The molecule has 0 bridgehead atoms. The van der Waals surface area contributed by atoms with Gasteiger partial charge in [0.05, 0.1) is 38.5 Å². The van der Waals surface area contributed by atoms with Crippen molar-refractivity contribution in [3.8, 4) is 0 Å². The summed E-state index contributed by atoms with van der Waals surface area (Å²) in [6, 6.07) is 0. The van der Waals surface area contributed by atoms with Crippen LogP contribution < -0.4 is 0 Å². The summed E-state index contributed by atoms with van der Waals surface area (Å²) in [6.45, 7) is 0. The van der Waals surface area contributed by atoms with Crippen LogP contribution in [0, 0.1) is 0 Å². The largest absolute Gasteiger partial charge is 0.481 e. The maximum Gasteiger partial charge on any atom is 0.303 e. The molecule has 0 fully saturated rings. The SMILES string of the molecule is O=C(O)CCC(=O)O.O=C(O)CCC(=O)O.O=C(O)CCC(=O)O.P.P. The molecule has 0 aliphatic heterocycles. The zero-order chi connectivity index (χ0) is 19.7. The molecule has 0 rings (SSSR count). The topological polar surface area (TPSA) is 224 Å². The van der Waals surface area contributed by atoms with Gasteiger partial charge in [0.25, 0.3) is 0 Å². The van der Waals surface area contributed by atoms with E-state index >= 15 is 0 Å². The minimum atomic E-state index is -1.08. The van der Waals surface area contributed by atoms with Gasteiger partial charge in [0.1, 0.15) is 0 Å². The van der Waals surface area contributed by atoms with Crippen molar-refractivity contribution in [2.24, 2.45) is 0 Å². The predicted molar refractivity (Wildman–Crippen MR) is 95.7 cm³/mol. The Bertz CT molecular complexity index is 355. The van der Waals surface area contributed by atoms with Crippen LogP contribution in [0.25, 0.3) is 0 Å². The van der Waals surface area contributed by atoms with Crippen molar-refractivity contribution in [3.63, 3.8) is 0 Å². The Balaban J connectivity index is -0.0000000817. The molecule has 2 unspecified atom stereocenters. The van der Waals surface area contributed by atoms with E-state index in [-0.39, 0.29) is 58.3 Å². The Labute approximate surface area is 154 Å². The molecule has 0 aromatic carbocycles. The van der Waals surface area contributed by atoms with Gasteiger partial charge in [-0.3, -0.25) is 28.8 Å². The van der Waals surface area contributed by atoms with E-state index in [1.165, 1.54) is 0 Å². The maximum absolute atomic E-state index is 9.64. The molecule has 0 aromatic rings. The highest BCUT2D eigenvalue weighted by Crippen LogP contribution is 1.87. The van der Waals surface area contributed by atoms with E-state index in [1.807, 2.05) is 0 Å². The summed E-state index contributed by atoms with van der Waals surface area (Å²) in [4.78, 5) is 57.8. The molecule has 0 spiro atoms. The molecule has 0 radical (unpaired) electrons. The minimum absolute atomic E-state index is 0. The van der Waals surface area contributed by atoms with Crippen molar-refractivity contribution < 1.29 is 59.4 Å². The highest BCUT2D eigenvalue weighted by molar-refractivity contribution is 6.92. The van der Waals surface area contributed by atoms with Crippen molar-refractivity contribution in [1.82, 2.24) is 0 Å². The smallest absolute Gasteiger partial charge is 0.303 e. The molecule has 0 aliphatic carbocycles. The molecule has 0 saturated heterocycles. The number of hydrogen-bond acceptors (Lipinski definition) is 6. The average Bonchev–Trinajstić information content (AvgIpc) is 2.42. The summed E-state index contributed by atoms with van der Waals surface area (Å²) in [5, 5.41) is 47.4. The number of rotatable bonds is 9. The van der Waals surface area contributed by atoms with Crippen LogP contribution in [0.15, 0.2) is 0 Å². The summed E-state index contributed by atoms with van der Waals surface area (Å²) >= 11 is 0. The van der Waals surface area contributed by atoms with Gasteiger partial charge in [0.2, 0.25) is 0 Å². The molecule has 2 atom stereocenters. The molecule has 26 heavy (non-hydrogen) atoms. The van der Waals surface area contributed by atoms with Crippen LogP contribution in [0.3, 0.4) is 0 Å². The summed E-state index contributed by atoms with van der Waals surface area (Å²) in [5.74, 6) is -6.46. The van der Waals surface area contributed by atoms with E-state index in [1.54, 1.807) is 0 Å². The third kappa shape index (κ3) is 57.7. The first-order valence-corrected chi connectivity index (χ1v) is 6.19. The first-order valence-electron chi connectivity index (χ1n) is 6.19. The number of carbonyl (C=O) groups is 6. The second-order valence-corrected chi connectivity index (χ2v) is 3.86. The molecule has 0 saturated carbocycles. The van der Waals surface area contributed by atoms with Crippen LogP contribution in [-0.4, -0.2) is 66.5 Å². The van der Waals surface area contributed by atoms with Crippen molar-refractivity contribution in [2.45, 2.75) is 38.5 Å². The molecule has 14 heteroatoms. The number of hydrogen-bond donors (Lipinski definition) is 6. The lowest BCUT2D eigenvalue weighted by molar-refractivity contribution is -0.143. The Morgan fingerprint density at radius 3 is 0.462 bits per heavy atom. The van der Waals surface area contributed by atoms with Crippen LogP contribution in [-0.2, 0) is 28.8 Å². The number of carboxylic acids is 6. The Morgan fingerprint density at radius 2 is 0.423 bits per heavy atom. The molecular weight excluding hydrogens is 398 g/mol. The van der Waals surface area contributed by atoms with Gasteiger partial charge in [-0.2, -0.15) is 19.8 Å². The van der Waals surface area contributed by atoms with Gasteiger partial charge in [-0.15, -0.1) is 0 Å². The first kappa shape index (κ1) is 34.9. The van der Waals surface area contributed by atoms with Crippen molar-refractivity contribution in [2.75, 3.05) is 0 Å². The van der Waals surface area contributed by atoms with E-state index in [2.05, 4.69) is 0 Å². The summed E-state index contributed by atoms with van der Waals surface area (Å²) in [6.07, 6.45) is -1.78. The molecular formula is C12H24O12P2. The third-order valence-electron chi connectivity index (χ3n) is 1.66. The van der Waals surface area contributed by atoms with Gasteiger partial charge >= 0.3 is 35.8 Å². The zero-order valence-corrected chi connectivity index (χ0v) is 16.6. The molecule has 0 aromatic heterocycles. The van der Waals surface area contributed by atoms with Gasteiger partial charge < -0.3 is 30.6 Å². The Hall–Kier alpha value is -2.32. The van der Waals surface area contributed by atoms with E-state index < -0.39 is 35.8 Å². The van der Waals surface area contributed by atoms with Crippen molar-refractivity contribution in [1.29, 1.82) is 0 Å². The van der Waals surface area contributed by atoms with Crippen LogP contribution in [0.1, 0.15) is 38.5 Å². The number of aliphatic carboxylic acids is 6. The normalized spacial score (nSPS) is 7.85. The fraction of sp³-hybridized carbons (Fsp3) is 0.500. The fourth-order valence-corrected chi connectivity index (χ4v) is 0.642. The molecule has 6 N–H and O–H groups in total. The Kier molecular flexibility index (Phi) is 30.4. The average molecular weight is 422 g/mol. The zero-order valence-electron chi connectivity index (χ0n) is 13.8. The van der Waals surface area contributed by atoms with E-state index in [0.717, 1.165) is 0 Å². The minimum Gasteiger partial charge on any atom is -0.481 e. The second kappa shape index (κ2) is 22.7. The van der Waals surface area contributed by atoms with Gasteiger partial charge in [-0.1, -0.05) is 0 Å². The molecule has 0 amide bonds. The second-order valence-electron chi connectivity index (χ2n) is 3.86. The standard InChI is InChI=1S/3C4H6O4.2H3P/c3*5-3(6)1-2-4(7)8;;/h3*1-2H2,(H,5,6)(H,7,8);2*1H3. The van der Waals surface area contributed by atoms with E-state index in [0.29, 0.717) is 0 Å². The summed E-state index contributed by atoms with van der Waals surface area (Å²) in [5.41, 5.74) is 0. The predicted octanol–water partition coefficient (Wildman–Crippen LogP) is -0.0764. The molecule has 12 nitrogen and oxygen atoms in total. The number of carboxylic acid groups (broad SMARTS) is 6. The lowest BCUT2D eigenvalue weighted by Gasteiger charge is -1.85. The molecule has 154 valence electrons. The van der Waals surface area contributed by atoms with E-state index in [9.17, 15) is 28.8 Å². The van der Waals surface area contributed by atoms with Gasteiger partial charge in [0, 0.05) is 0 Å². The highest BCUT2D eigenvalue weighted by Gasteiger charge is 2.01. The third-order valence-corrected chi connectivity index (χ3v) is 1.66. The van der Waals surface area contributed by atoms with Gasteiger partial charge in [0.15, 0.2) is 0 Å². The monoisotopic (exact) mass is 422 g/mol. The first-order chi connectivity index (χ1) is 10.9. The summed E-state index contributed by atoms with van der Waals surface area (Å²) in [7, 11) is 0. The fourth-order valence-electron chi connectivity index (χ4n) is 0.642. The van der Waals surface area contributed by atoms with Crippen LogP contribution in [0.4, 0.5) is 0 Å². The quantitative estimate of drug-likeness (QED) is 0.268. The lowest BCUT2D eigenvalue weighted by Crippen LogP contribution is -2.00. The molecule has 0 aliphatic rings. The highest BCUT2D eigenvalue weighted by atomic mass is 31.0. The van der Waals surface area contributed by atoms with Crippen LogP contribution in [0.2, 0.25) is 0 Å². The lowest BCUT2D eigenvalue weighted by atomic mass is 10.3. The maximum atomic E-state index is 9.64. The van der Waals surface area contributed by atoms with Crippen LogP contribution in [0.5, 0.6) is 0 Å². The molecule has 0 heterocycles. The van der Waals surface area contributed by atoms with Gasteiger partial charge in [-0.05, 0) is 0 Å².